The summed E-state index contributed by atoms with van der Waals surface area (Å²) in [7, 11) is 0. The van der Waals surface area contributed by atoms with Crippen molar-refractivity contribution in [2.45, 2.75) is 26.4 Å². The van der Waals surface area contributed by atoms with E-state index in [-0.39, 0.29) is 0 Å². The number of thiazole rings is 1. The van der Waals surface area contributed by atoms with Crippen LogP contribution in [0, 0.1) is 6.92 Å². The van der Waals surface area contributed by atoms with Crippen LogP contribution in [0.1, 0.15) is 29.2 Å². The third-order valence-corrected chi connectivity index (χ3v) is 3.38. The highest BCUT2D eigenvalue weighted by molar-refractivity contribution is 7.09. The molecule has 16 heavy (non-hydrogen) atoms. The number of rotatable bonds is 4. The zero-order valence-electron chi connectivity index (χ0n) is 9.60. The zero-order chi connectivity index (χ0) is 11.4. The first kappa shape index (κ1) is 11.3. The lowest BCUT2D eigenvalue weighted by molar-refractivity contribution is 0.569. The van der Waals surface area contributed by atoms with E-state index >= 15 is 0 Å². The van der Waals surface area contributed by atoms with Crippen LogP contribution in [0.25, 0.3) is 0 Å². The van der Waals surface area contributed by atoms with Crippen molar-refractivity contribution in [1.82, 2.24) is 10.3 Å². The number of hydrogen-bond acceptors (Lipinski definition) is 3. The van der Waals surface area contributed by atoms with Gasteiger partial charge in [-0.15, -0.1) is 11.3 Å². The quantitative estimate of drug-likeness (QED) is 0.875. The van der Waals surface area contributed by atoms with Crippen LogP contribution in [0.15, 0.2) is 35.7 Å². The molecule has 1 heterocycles. The second kappa shape index (κ2) is 5.23. The number of aryl methyl sites for hydroxylation is 1. The minimum absolute atomic E-state index is 0.364. The average molecular weight is 232 g/mol. The van der Waals surface area contributed by atoms with Gasteiger partial charge in [-0.2, -0.15) is 0 Å². The van der Waals surface area contributed by atoms with Crippen molar-refractivity contribution < 1.29 is 0 Å². The molecule has 0 bridgehead atoms. The Bertz CT molecular complexity index is 436. The Hall–Kier alpha value is -1.19. The van der Waals surface area contributed by atoms with E-state index in [2.05, 4.69) is 46.9 Å². The summed E-state index contributed by atoms with van der Waals surface area (Å²) in [4.78, 5) is 4.43. The van der Waals surface area contributed by atoms with Gasteiger partial charge in [-0.25, -0.2) is 4.98 Å². The molecule has 1 atom stereocenters. The highest BCUT2D eigenvalue weighted by Crippen LogP contribution is 2.13. The predicted molar refractivity (Wildman–Crippen MR) is 68.5 cm³/mol. The van der Waals surface area contributed by atoms with Gasteiger partial charge in [0.1, 0.15) is 0 Å². The molecule has 0 aliphatic carbocycles. The molecule has 2 aromatic rings. The number of benzene rings is 1. The first-order chi connectivity index (χ1) is 7.75. The van der Waals surface area contributed by atoms with Gasteiger partial charge in [0.15, 0.2) is 0 Å². The summed E-state index contributed by atoms with van der Waals surface area (Å²) in [6.45, 7) is 5.05. The Morgan fingerprint density at radius 2 is 2.06 bits per heavy atom. The first-order valence-corrected chi connectivity index (χ1v) is 6.33. The van der Waals surface area contributed by atoms with Gasteiger partial charge in [0.2, 0.25) is 0 Å². The van der Waals surface area contributed by atoms with Crippen LogP contribution in [0.5, 0.6) is 0 Å². The van der Waals surface area contributed by atoms with Crippen LogP contribution in [0.2, 0.25) is 0 Å². The lowest BCUT2D eigenvalue weighted by atomic mass is 10.1. The van der Waals surface area contributed by atoms with Crippen molar-refractivity contribution in [1.29, 1.82) is 0 Å². The van der Waals surface area contributed by atoms with Crippen molar-refractivity contribution in [2.75, 3.05) is 0 Å². The van der Waals surface area contributed by atoms with Gasteiger partial charge in [-0.1, -0.05) is 30.3 Å². The standard InChI is InChI=1S/C13H16N2S/c1-10(12-6-4-3-5-7-12)14-8-13-9-16-11(2)15-13/h3-7,9-10,14H,8H2,1-2H3/t10-/m1/s1. The maximum atomic E-state index is 4.43. The van der Waals surface area contributed by atoms with Crippen molar-refractivity contribution in [3.05, 3.63) is 52.0 Å². The highest BCUT2D eigenvalue weighted by atomic mass is 32.1. The van der Waals surface area contributed by atoms with E-state index in [1.54, 1.807) is 11.3 Å². The van der Waals surface area contributed by atoms with Gasteiger partial charge < -0.3 is 5.32 Å². The maximum Gasteiger partial charge on any atom is 0.0897 e. The third-order valence-electron chi connectivity index (χ3n) is 2.56. The summed E-state index contributed by atoms with van der Waals surface area (Å²) in [5, 5.41) is 6.71. The van der Waals surface area contributed by atoms with Crippen molar-refractivity contribution >= 4 is 11.3 Å². The normalized spacial score (nSPS) is 12.6. The lowest BCUT2D eigenvalue weighted by Gasteiger charge is -2.12. The molecular weight excluding hydrogens is 216 g/mol. The number of hydrogen-bond donors (Lipinski definition) is 1. The minimum Gasteiger partial charge on any atom is -0.305 e. The summed E-state index contributed by atoms with van der Waals surface area (Å²) >= 11 is 1.70. The van der Waals surface area contributed by atoms with Gasteiger partial charge in [0.05, 0.1) is 10.7 Å². The van der Waals surface area contributed by atoms with E-state index in [1.165, 1.54) is 5.56 Å². The number of nitrogens with zero attached hydrogens (tertiary/aromatic N) is 1. The molecule has 0 radical (unpaired) electrons. The smallest absolute Gasteiger partial charge is 0.0897 e. The Morgan fingerprint density at radius 1 is 1.31 bits per heavy atom. The molecule has 3 heteroatoms. The molecule has 1 aromatic heterocycles. The van der Waals surface area contributed by atoms with Gasteiger partial charge in [-0.05, 0) is 19.4 Å². The summed E-state index contributed by atoms with van der Waals surface area (Å²) in [6, 6.07) is 10.8. The van der Waals surface area contributed by atoms with Gasteiger partial charge in [0, 0.05) is 18.0 Å². The molecule has 0 saturated carbocycles. The van der Waals surface area contributed by atoms with Crippen LogP contribution in [0.3, 0.4) is 0 Å². The predicted octanol–water partition coefficient (Wildman–Crippen LogP) is 3.30. The molecule has 0 amide bonds. The molecule has 0 unspecified atom stereocenters. The van der Waals surface area contributed by atoms with Crippen LogP contribution >= 0.6 is 11.3 Å². The number of nitrogens with one attached hydrogen (secondary N) is 1. The second-order valence-corrected chi connectivity index (χ2v) is 4.93. The molecule has 1 N–H and O–H groups in total. The molecule has 0 saturated heterocycles. The summed E-state index contributed by atoms with van der Waals surface area (Å²) in [5.74, 6) is 0. The molecular formula is C13H16N2S. The van der Waals surface area contributed by atoms with Crippen LogP contribution < -0.4 is 5.32 Å². The Morgan fingerprint density at radius 3 is 2.69 bits per heavy atom. The number of aromatic nitrogens is 1. The van der Waals surface area contributed by atoms with Crippen LogP contribution in [0.4, 0.5) is 0 Å². The van der Waals surface area contributed by atoms with Crippen molar-refractivity contribution in [3.8, 4) is 0 Å². The van der Waals surface area contributed by atoms with E-state index in [4.69, 9.17) is 0 Å². The highest BCUT2D eigenvalue weighted by Gasteiger charge is 2.04. The fourth-order valence-corrected chi connectivity index (χ4v) is 2.22. The largest absolute Gasteiger partial charge is 0.305 e. The molecule has 0 spiro atoms. The van der Waals surface area contributed by atoms with E-state index in [0.29, 0.717) is 6.04 Å². The van der Waals surface area contributed by atoms with Gasteiger partial charge >= 0.3 is 0 Å². The van der Waals surface area contributed by atoms with E-state index in [0.717, 1.165) is 17.2 Å². The fraction of sp³-hybridized carbons (Fsp3) is 0.308. The Balaban J connectivity index is 1.91. The van der Waals surface area contributed by atoms with Gasteiger partial charge in [-0.3, -0.25) is 0 Å². The van der Waals surface area contributed by atoms with Gasteiger partial charge in [0.25, 0.3) is 0 Å². The SMILES string of the molecule is Cc1nc(CN[C@H](C)c2ccccc2)cs1. The topological polar surface area (TPSA) is 24.9 Å². The lowest BCUT2D eigenvalue weighted by Crippen LogP contribution is -2.18. The average Bonchev–Trinajstić information content (AvgIpc) is 2.73. The molecule has 0 aliphatic rings. The molecule has 84 valence electrons. The van der Waals surface area contributed by atoms with E-state index in [1.807, 2.05) is 13.0 Å². The molecule has 0 aliphatic heterocycles. The monoisotopic (exact) mass is 232 g/mol. The van der Waals surface area contributed by atoms with Crippen LogP contribution in [-0.4, -0.2) is 4.98 Å². The summed E-state index contributed by atoms with van der Waals surface area (Å²) < 4.78 is 0. The third kappa shape index (κ3) is 2.90. The molecule has 2 rings (SSSR count). The summed E-state index contributed by atoms with van der Waals surface area (Å²) in [6.07, 6.45) is 0. The fourth-order valence-electron chi connectivity index (χ4n) is 1.61. The van der Waals surface area contributed by atoms with E-state index in [9.17, 15) is 0 Å². The Kier molecular flexibility index (Phi) is 3.70. The molecule has 2 nitrogen and oxygen atoms in total. The maximum absolute atomic E-state index is 4.43. The zero-order valence-corrected chi connectivity index (χ0v) is 10.4. The molecule has 0 fully saturated rings. The minimum atomic E-state index is 0.364. The Labute approximate surface area is 100 Å². The summed E-state index contributed by atoms with van der Waals surface area (Å²) in [5.41, 5.74) is 2.44. The van der Waals surface area contributed by atoms with Crippen molar-refractivity contribution in [3.63, 3.8) is 0 Å². The van der Waals surface area contributed by atoms with E-state index < -0.39 is 0 Å². The molecule has 1 aromatic carbocycles. The second-order valence-electron chi connectivity index (χ2n) is 3.87. The first-order valence-electron chi connectivity index (χ1n) is 5.45. The van der Waals surface area contributed by atoms with Crippen LogP contribution in [-0.2, 0) is 6.54 Å². The van der Waals surface area contributed by atoms with Crippen molar-refractivity contribution in [2.24, 2.45) is 0 Å².